The second-order valence-electron chi connectivity index (χ2n) is 6.17. The molecular weight excluding hydrogens is 372 g/mol. The zero-order valence-electron chi connectivity index (χ0n) is 14.8. The number of carbonyl (C=O) groups is 2. The summed E-state index contributed by atoms with van der Waals surface area (Å²) >= 11 is 0. The van der Waals surface area contributed by atoms with E-state index >= 15 is 0 Å². The van der Waals surface area contributed by atoms with E-state index in [-0.39, 0.29) is 10.5 Å². The van der Waals surface area contributed by atoms with Gasteiger partial charge in [-0.3, -0.25) is 9.48 Å². The normalized spacial score (nSPS) is 14.9. The number of ether oxygens (including phenoxy) is 1. The number of hydrogen-bond donors (Lipinski definition) is 1. The minimum absolute atomic E-state index is 0.120. The van der Waals surface area contributed by atoms with Gasteiger partial charge in [-0.15, -0.1) is 0 Å². The molecule has 0 unspecified atom stereocenters. The molecule has 0 bridgehead atoms. The molecule has 1 N–H and O–H groups in total. The number of nitrogens with zero attached hydrogens (tertiary/aromatic N) is 3. The monoisotopic (exact) mass is 392 g/mol. The van der Waals surface area contributed by atoms with Crippen molar-refractivity contribution < 1.29 is 22.7 Å². The van der Waals surface area contributed by atoms with Crippen LogP contribution in [0.4, 0.5) is 5.69 Å². The molecule has 10 heteroatoms. The predicted molar refractivity (Wildman–Crippen MR) is 96.6 cm³/mol. The smallest absolute Gasteiger partial charge is 0.341 e. The Labute approximate surface area is 157 Å². The molecule has 1 aromatic carbocycles. The molecule has 1 fully saturated rings. The van der Waals surface area contributed by atoms with E-state index in [4.69, 9.17) is 4.74 Å². The zero-order chi connectivity index (χ0) is 19.4. The molecule has 144 valence electrons. The molecule has 0 aliphatic carbocycles. The molecule has 0 spiro atoms. The van der Waals surface area contributed by atoms with Crippen LogP contribution in [0.15, 0.2) is 41.6 Å². The molecule has 1 aliphatic heterocycles. The highest BCUT2D eigenvalue weighted by Gasteiger charge is 2.27. The molecule has 9 nitrogen and oxygen atoms in total. The number of amides is 1. The fourth-order valence-electron chi connectivity index (χ4n) is 2.75. The Kier molecular flexibility index (Phi) is 5.57. The fourth-order valence-corrected chi connectivity index (χ4v) is 4.31. The summed E-state index contributed by atoms with van der Waals surface area (Å²) in [6.45, 7) is 0.517. The maximum absolute atomic E-state index is 12.6. The van der Waals surface area contributed by atoms with Crippen LogP contribution in [0.25, 0.3) is 0 Å². The summed E-state index contributed by atoms with van der Waals surface area (Å²) in [6.07, 6.45) is 4.51. The van der Waals surface area contributed by atoms with Crippen molar-refractivity contribution in [2.75, 3.05) is 25.0 Å². The highest BCUT2D eigenvalue weighted by atomic mass is 32.2. The second-order valence-corrected chi connectivity index (χ2v) is 8.10. The van der Waals surface area contributed by atoms with E-state index in [9.17, 15) is 18.0 Å². The van der Waals surface area contributed by atoms with Gasteiger partial charge in [-0.2, -0.15) is 9.40 Å². The largest absolute Gasteiger partial charge is 0.452 e. The van der Waals surface area contributed by atoms with E-state index in [1.54, 1.807) is 19.2 Å². The lowest BCUT2D eigenvalue weighted by Crippen LogP contribution is -2.28. The minimum Gasteiger partial charge on any atom is -0.452 e. The molecule has 1 aliphatic rings. The highest BCUT2D eigenvalue weighted by Crippen LogP contribution is 2.23. The second kappa shape index (κ2) is 7.89. The number of rotatable bonds is 6. The molecule has 0 radical (unpaired) electrons. The first kappa shape index (κ1) is 19.1. The van der Waals surface area contributed by atoms with Crippen LogP contribution < -0.4 is 5.32 Å². The third-order valence-electron chi connectivity index (χ3n) is 4.10. The van der Waals surface area contributed by atoms with Crippen molar-refractivity contribution >= 4 is 27.6 Å². The average Bonchev–Trinajstić information content (AvgIpc) is 3.32. The van der Waals surface area contributed by atoms with Crippen LogP contribution in [0, 0.1) is 0 Å². The van der Waals surface area contributed by atoms with Crippen LogP contribution in [0.3, 0.4) is 0 Å². The molecule has 2 aromatic rings. The Balaban J connectivity index is 1.60. The Morgan fingerprint density at radius 1 is 1.26 bits per heavy atom. The number of hydrogen-bond acceptors (Lipinski definition) is 6. The molecule has 1 saturated heterocycles. The van der Waals surface area contributed by atoms with Crippen molar-refractivity contribution in [2.45, 2.75) is 17.7 Å². The number of benzene rings is 1. The van der Waals surface area contributed by atoms with Gasteiger partial charge in [-0.05, 0) is 31.0 Å². The third kappa shape index (κ3) is 4.52. The maximum Gasteiger partial charge on any atom is 0.341 e. The van der Waals surface area contributed by atoms with E-state index in [1.807, 2.05) is 0 Å². The molecule has 2 heterocycles. The quantitative estimate of drug-likeness (QED) is 0.735. The van der Waals surface area contributed by atoms with E-state index in [0.717, 1.165) is 12.8 Å². The summed E-state index contributed by atoms with van der Waals surface area (Å²) in [5, 5.41) is 6.39. The number of carbonyl (C=O) groups excluding carboxylic acids is 2. The standard InChI is InChI=1S/C17H20N4O5S/c1-20-11-13(10-18-20)17(23)26-12-16(22)19-14-5-4-6-15(9-14)27(24,25)21-7-2-3-8-21/h4-6,9-11H,2-3,7-8,12H2,1H3,(H,19,22). The third-order valence-corrected chi connectivity index (χ3v) is 5.99. The summed E-state index contributed by atoms with van der Waals surface area (Å²) in [5.41, 5.74) is 0.557. The molecule has 0 atom stereocenters. The van der Waals surface area contributed by atoms with Gasteiger partial charge in [0, 0.05) is 32.0 Å². The van der Waals surface area contributed by atoms with Crippen molar-refractivity contribution in [2.24, 2.45) is 7.05 Å². The van der Waals surface area contributed by atoms with Crippen LogP contribution in [-0.2, 0) is 26.6 Å². The maximum atomic E-state index is 12.6. The predicted octanol–water partition coefficient (Wildman–Crippen LogP) is 1.00. The van der Waals surface area contributed by atoms with Gasteiger partial charge >= 0.3 is 5.97 Å². The number of aryl methyl sites for hydroxylation is 1. The summed E-state index contributed by atoms with van der Waals surface area (Å²) in [6, 6.07) is 6.02. The van der Waals surface area contributed by atoms with Crippen LogP contribution in [0.5, 0.6) is 0 Å². The SMILES string of the molecule is Cn1cc(C(=O)OCC(=O)Nc2cccc(S(=O)(=O)N3CCCC3)c2)cn1. The number of nitrogens with one attached hydrogen (secondary N) is 1. The summed E-state index contributed by atoms with van der Waals surface area (Å²) in [7, 11) is -1.91. The number of esters is 1. The van der Waals surface area contributed by atoms with Crippen molar-refractivity contribution in [1.29, 1.82) is 0 Å². The first-order chi connectivity index (χ1) is 12.9. The van der Waals surface area contributed by atoms with Crippen molar-refractivity contribution in [3.63, 3.8) is 0 Å². The molecule has 3 rings (SSSR count). The lowest BCUT2D eigenvalue weighted by Gasteiger charge is -2.16. The summed E-state index contributed by atoms with van der Waals surface area (Å²) < 4.78 is 33.0. The van der Waals surface area contributed by atoms with Gasteiger partial charge in [0.2, 0.25) is 10.0 Å². The van der Waals surface area contributed by atoms with E-state index in [0.29, 0.717) is 18.8 Å². The first-order valence-corrected chi connectivity index (χ1v) is 9.86. The number of anilines is 1. The van der Waals surface area contributed by atoms with E-state index in [2.05, 4.69) is 10.4 Å². The van der Waals surface area contributed by atoms with E-state index in [1.165, 1.54) is 33.5 Å². The Morgan fingerprint density at radius 2 is 2.00 bits per heavy atom. The van der Waals surface area contributed by atoms with Crippen molar-refractivity contribution in [3.05, 3.63) is 42.2 Å². The van der Waals surface area contributed by atoms with E-state index < -0.39 is 28.5 Å². The van der Waals surface area contributed by atoms with Crippen LogP contribution in [0.2, 0.25) is 0 Å². The van der Waals surface area contributed by atoms with Gasteiger partial charge in [0.15, 0.2) is 6.61 Å². The lowest BCUT2D eigenvalue weighted by molar-refractivity contribution is -0.119. The molecule has 27 heavy (non-hydrogen) atoms. The Hall–Kier alpha value is -2.72. The van der Waals surface area contributed by atoms with Crippen molar-refractivity contribution in [1.82, 2.24) is 14.1 Å². The molecular formula is C17H20N4O5S. The molecule has 0 saturated carbocycles. The number of sulfonamides is 1. The van der Waals surface area contributed by atoms with Gasteiger partial charge < -0.3 is 10.1 Å². The van der Waals surface area contributed by atoms with Gasteiger partial charge in [-0.25, -0.2) is 13.2 Å². The lowest BCUT2D eigenvalue weighted by atomic mass is 10.3. The zero-order valence-corrected chi connectivity index (χ0v) is 15.6. The van der Waals surface area contributed by atoms with Crippen LogP contribution in [-0.4, -0.2) is 54.1 Å². The van der Waals surface area contributed by atoms with Gasteiger partial charge in [0.05, 0.1) is 16.7 Å². The first-order valence-electron chi connectivity index (χ1n) is 8.42. The summed E-state index contributed by atoms with van der Waals surface area (Å²) in [4.78, 5) is 23.9. The van der Waals surface area contributed by atoms with Crippen molar-refractivity contribution in [3.8, 4) is 0 Å². The fraction of sp³-hybridized carbons (Fsp3) is 0.353. The average molecular weight is 392 g/mol. The Morgan fingerprint density at radius 3 is 2.67 bits per heavy atom. The molecule has 1 amide bonds. The highest BCUT2D eigenvalue weighted by molar-refractivity contribution is 7.89. The number of aromatic nitrogens is 2. The molecule has 1 aromatic heterocycles. The van der Waals surface area contributed by atoms with Gasteiger partial charge in [0.1, 0.15) is 0 Å². The van der Waals surface area contributed by atoms with Gasteiger partial charge in [-0.1, -0.05) is 6.07 Å². The van der Waals surface area contributed by atoms with Crippen LogP contribution in [0.1, 0.15) is 23.2 Å². The topological polar surface area (TPSA) is 111 Å². The Bertz CT molecular complexity index is 948. The van der Waals surface area contributed by atoms with Gasteiger partial charge in [0.25, 0.3) is 5.91 Å². The minimum atomic E-state index is -3.57. The van der Waals surface area contributed by atoms with Crippen LogP contribution >= 0.6 is 0 Å². The summed E-state index contributed by atoms with van der Waals surface area (Å²) in [5.74, 6) is -1.23.